The number of anilines is 2. The number of imidazole rings is 1. The van der Waals surface area contributed by atoms with Crippen LogP contribution in [0.3, 0.4) is 0 Å². The number of amides is 1. The Kier molecular flexibility index (Phi) is 5.21. The Morgan fingerprint density at radius 2 is 1.86 bits per heavy atom. The third-order valence-corrected chi connectivity index (χ3v) is 6.06. The summed E-state index contributed by atoms with van der Waals surface area (Å²) >= 11 is 0. The quantitative estimate of drug-likeness (QED) is 0.377. The second kappa shape index (κ2) is 7.88. The second-order valence-corrected chi connectivity index (χ2v) is 8.55. The van der Waals surface area contributed by atoms with E-state index in [2.05, 4.69) is 30.4 Å². The van der Waals surface area contributed by atoms with E-state index in [9.17, 15) is 31.1 Å². The van der Waals surface area contributed by atoms with Crippen LogP contribution in [0.25, 0.3) is 17.0 Å². The predicted molar refractivity (Wildman–Crippen MR) is 114 cm³/mol. The van der Waals surface area contributed by atoms with Crippen molar-refractivity contribution in [3.63, 3.8) is 0 Å². The number of aryl methyl sites for hydroxylation is 2. The number of carbonyl (C=O) groups is 1. The minimum absolute atomic E-state index is 0.00845. The van der Waals surface area contributed by atoms with Crippen LogP contribution in [0.1, 0.15) is 36.4 Å². The van der Waals surface area contributed by atoms with E-state index in [-0.39, 0.29) is 51.8 Å². The maximum absolute atomic E-state index is 13.9. The summed E-state index contributed by atoms with van der Waals surface area (Å²) in [6, 6.07) is 2.28. The molecule has 1 atom stereocenters. The first-order valence-corrected chi connectivity index (χ1v) is 10.6. The molecule has 0 radical (unpaired) electrons. The van der Waals surface area contributed by atoms with Gasteiger partial charge < -0.3 is 20.0 Å². The Balaban J connectivity index is 1.60. The predicted octanol–water partition coefficient (Wildman–Crippen LogP) is 3.59. The molecule has 10 nitrogen and oxygen atoms in total. The van der Waals surface area contributed by atoms with Gasteiger partial charge in [-0.15, -0.1) is 0 Å². The molecule has 37 heavy (non-hydrogen) atoms. The van der Waals surface area contributed by atoms with Gasteiger partial charge in [0.2, 0.25) is 11.8 Å². The molecule has 4 aromatic heterocycles. The number of alkyl halides is 5. The van der Waals surface area contributed by atoms with Gasteiger partial charge in [-0.1, -0.05) is 5.16 Å². The highest BCUT2D eigenvalue weighted by Crippen LogP contribution is 2.44. The van der Waals surface area contributed by atoms with Gasteiger partial charge >= 0.3 is 12.1 Å². The topological polar surface area (TPSA) is 137 Å². The van der Waals surface area contributed by atoms with Gasteiger partial charge in [0.05, 0.1) is 11.1 Å². The summed E-state index contributed by atoms with van der Waals surface area (Å²) in [5, 5.41) is 6.36. The first-order chi connectivity index (χ1) is 17.2. The maximum Gasteiger partial charge on any atom is 0.453 e. The number of carbonyl (C=O) groups excluding carboxylic acids is 1. The molecule has 16 heteroatoms. The molecule has 0 fully saturated rings. The summed E-state index contributed by atoms with van der Waals surface area (Å²) in [5.41, 5.74) is 4.89. The highest BCUT2D eigenvalue weighted by molar-refractivity contribution is 6.08. The van der Waals surface area contributed by atoms with Gasteiger partial charge in [-0.3, -0.25) is 4.79 Å². The van der Waals surface area contributed by atoms with Crippen LogP contribution in [0.2, 0.25) is 0 Å². The van der Waals surface area contributed by atoms with Gasteiger partial charge in [-0.25, -0.2) is 19.3 Å². The Labute approximate surface area is 202 Å². The molecule has 1 aliphatic rings. The zero-order chi connectivity index (χ0) is 26.9. The van der Waals surface area contributed by atoms with E-state index in [1.807, 2.05) is 0 Å². The van der Waals surface area contributed by atoms with E-state index < -0.39 is 42.1 Å². The van der Waals surface area contributed by atoms with E-state index in [4.69, 9.17) is 10.3 Å². The molecule has 0 saturated heterocycles. The summed E-state index contributed by atoms with van der Waals surface area (Å²) in [4.78, 5) is 29.6. The highest BCUT2D eigenvalue weighted by Gasteiger charge is 2.57. The fraction of sp³-hybridized carbons (Fsp3) is 0.333. The Morgan fingerprint density at radius 3 is 2.51 bits per heavy atom. The monoisotopic (exact) mass is 526 g/mol. The van der Waals surface area contributed by atoms with Crippen molar-refractivity contribution < 1.29 is 35.7 Å². The van der Waals surface area contributed by atoms with Crippen LogP contribution in [0, 0.1) is 12.7 Å². The number of hydrogen-bond donors (Lipinski definition) is 2. The number of aromatic nitrogens is 6. The van der Waals surface area contributed by atoms with E-state index in [0.717, 1.165) is 16.7 Å². The van der Waals surface area contributed by atoms with Crippen LogP contribution < -0.4 is 11.1 Å². The molecule has 0 aliphatic carbocycles. The molecule has 1 aliphatic heterocycles. The van der Waals surface area contributed by atoms with E-state index in [0.29, 0.717) is 0 Å². The van der Waals surface area contributed by atoms with E-state index in [1.54, 1.807) is 0 Å². The minimum atomic E-state index is -5.76. The van der Waals surface area contributed by atoms with Crippen molar-refractivity contribution in [3.05, 3.63) is 47.2 Å². The fourth-order valence-corrected chi connectivity index (χ4v) is 4.10. The Morgan fingerprint density at radius 1 is 1.14 bits per heavy atom. The number of pyridine rings is 1. The zero-order valence-electron chi connectivity index (χ0n) is 19.0. The molecule has 194 valence electrons. The maximum atomic E-state index is 13.9. The van der Waals surface area contributed by atoms with Crippen LogP contribution in [0.15, 0.2) is 22.9 Å². The molecule has 5 rings (SSSR count). The number of nitrogens with zero attached hydrogens (tertiary/aromatic N) is 6. The van der Waals surface area contributed by atoms with Gasteiger partial charge in [-0.05, 0) is 19.1 Å². The Hall–Kier alpha value is -4.24. The van der Waals surface area contributed by atoms with Crippen LogP contribution in [0.4, 0.5) is 38.0 Å². The number of nitrogen functional groups attached to an aromatic ring is 1. The molecule has 4 aromatic rings. The minimum Gasteiger partial charge on any atom is -0.383 e. The smallest absolute Gasteiger partial charge is 0.383 e. The summed E-state index contributed by atoms with van der Waals surface area (Å²) in [7, 11) is 0. The summed E-state index contributed by atoms with van der Waals surface area (Å²) < 4.78 is 85.0. The average molecular weight is 526 g/mol. The van der Waals surface area contributed by atoms with Gasteiger partial charge in [0.15, 0.2) is 11.6 Å². The number of hydrogen-bond acceptors (Lipinski definition) is 8. The number of fused-ring (bicyclic) bond motifs is 2. The third-order valence-electron chi connectivity index (χ3n) is 6.06. The van der Waals surface area contributed by atoms with E-state index >= 15 is 0 Å². The van der Waals surface area contributed by atoms with Crippen molar-refractivity contribution in [2.45, 2.75) is 44.2 Å². The average Bonchev–Trinajstić information content (AvgIpc) is 3.46. The van der Waals surface area contributed by atoms with Crippen molar-refractivity contribution in [1.29, 1.82) is 0 Å². The summed E-state index contributed by atoms with van der Waals surface area (Å²) in [5.74, 6) is -6.77. The number of rotatable bonds is 5. The van der Waals surface area contributed by atoms with Gasteiger partial charge in [0.25, 0.3) is 0 Å². The van der Waals surface area contributed by atoms with E-state index in [1.165, 1.54) is 19.9 Å². The van der Waals surface area contributed by atoms with Gasteiger partial charge in [0, 0.05) is 26.0 Å². The molecule has 0 spiro atoms. The molecule has 0 bridgehead atoms. The number of nitrogens with two attached hydrogens (primary N) is 1. The third kappa shape index (κ3) is 3.74. The molecule has 5 heterocycles. The van der Waals surface area contributed by atoms with Crippen molar-refractivity contribution in [1.82, 2.24) is 29.5 Å². The van der Waals surface area contributed by atoms with Crippen molar-refractivity contribution in [2.24, 2.45) is 0 Å². The fourth-order valence-electron chi connectivity index (χ4n) is 4.10. The molecule has 3 N–H and O–H groups in total. The summed E-state index contributed by atoms with van der Waals surface area (Å²) in [6.45, 7) is 3.02. The normalized spacial score (nSPS) is 17.9. The van der Waals surface area contributed by atoms with Gasteiger partial charge in [-0.2, -0.15) is 26.9 Å². The Bertz CT molecular complexity index is 1560. The first-order valence-electron chi connectivity index (χ1n) is 10.6. The lowest BCUT2D eigenvalue weighted by Crippen LogP contribution is -2.36. The van der Waals surface area contributed by atoms with Crippen LogP contribution in [-0.2, 0) is 16.6 Å². The molecular formula is C21H16F6N8O2. The largest absolute Gasteiger partial charge is 0.453 e. The first kappa shape index (κ1) is 24.5. The molecule has 0 aromatic carbocycles. The SMILES string of the molecule is Cc1nc(C2(C)C(=O)Nc3nc(-c4nc(CCC(F)(F)C(F)(F)F)n5cc(F)ccc45)nc(N)c32)no1. The van der Waals surface area contributed by atoms with Crippen molar-refractivity contribution in [2.75, 3.05) is 11.1 Å². The molecule has 1 unspecified atom stereocenters. The lowest BCUT2D eigenvalue weighted by atomic mass is 9.83. The highest BCUT2D eigenvalue weighted by atomic mass is 19.4. The zero-order valence-corrected chi connectivity index (χ0v) is 19.0. The number of halogens is 6. The number of nitrogens with one attached hydrogen (secondary N) is 1. The van der Waals surface area contributed by atoms with Crippen LogP contribution >= 0.6 is 0 Å². The lowest BCUT2D eigenvalue weighted by molar-refractivity contribution is -0.284. The second-order valence-electron chi connectivity index (χ2n) is 8.55. The standard InChI is InChI=1S/C21H16F6N8O2/c1-8-29-17(34-37-8)19(2)12-14(28)31-16(32-15(12)33-18(19)36)13-10-4-3-9(22)7-35(10)11(30-13)5-6-20(23,24)21(25,26)27/h3-4,7H,5-6H2,1-2H3,(H3,28,31,32,33,36). The molecular weight excluding hydrogens is 510 g/mol. The van der Waals surface area contributed by atoms with Crippen LogP contribution in [-0.4, -0.2) is 47.5 Å². The van der Waals surface area contributed by atoms with Crippen molar-refractivity contribution in [3.8, 4) is 11.5 Å². The van der Waals surface area contributed by atoms with Crippen molar-refractivity contribution >= 4 is 23.1 Å². The molecule has 0 saturated carbocycles. The summed E-state index contributed by atoms with van der Waals surface area (Å²) in [6.07, 6.45) is -7.32. The molecule has 1 amide bonds. The lowest BCUT2D eigenvalue weighted by Gasteiger charge is -2.18. The van der Waals surface area contributed by atoms with Crippen LogP contribution in [0.5, 0.6) is 0 Å². The van der Waals surface area contributed by atoms with Gasteiger partial charge in [0.1, 0.15) is 34.4 Å².